The molecule has 0 heterocycles. The van der Waals surface area contributed by atoms with Crippen molar-refractivity contribution < 1.29 is 19.1 Å². The van der Waals surface area contributed by atoms with Gasteiger partial charge in [0.2, 0.25) is 0 Å². The highest BCUT2D eigenvalue weighted by molar-refractivity contribution is 6.30. The van der Waals surface area contributed by atoms with E-state index in [1.807, 2.05) is 0 Å². The number of carbonyl (C=O) groups excluding carboxylic acids is 2. The molecule has 0 amide bonds. The summed E-state index contributed by atoms with van der Waals surface area (Å²) >= 11 is 5.91. The van der Waals surface area contributed by atoms with Crippen LogP contribution in [0.3, 0.4) is 0 Å². The number of carbonyl (C=O) groups is 2. The molecule has 0 saturated heterocycles. The maximum absolute atomic E-state index is 12.0. The molecule has 0 aromatic heterocycles. The molecule has 1 aromatic rings. The number of ether oxygens (including phenoxy) is 2. The molecule has 0 saturated carbocycles. The Hall–Kier alpha value is -1.55. The van der Waals surface area contributed by atoms with Crippen molar-refractivity contribution in [1.82, 2.24) is 0 Å². The predicted octanol–water partition coefficient (Wildman–Crippen LogP) is 4.24. The van der Waals surface area contributed by atoms with Gasteiger partial charge >= 0.3 is 11.9 Å². The Balaban J connectivity index is 3.06. The molecule has 0 aliphatic carbocycles. The van der Waals surface area contributed by atoms with Crippen molar-refractivity contribution in [3.63, 3.8) is 0 Å². The topological polar surface area (TPSA) is 52.6 Å². The minimum absolute atomic E-state index is 0.139. The zero-order valence-corrected chi connectivity index (χ0v) is 14.0. The standard InChI is InChI=1S/C16H21ClO4/c1-15(2,3)13(18)20-11-8-7-10(17)9-12(11)21-14(19)16(4,5)6/h7-9H,1-6H3. The fraction of sp³-hybridized carbons (Fsp3) is 0.500. The fourth-order valence-corrected chi connectivity index (χ4v) is 1.31. The molecular formula is C16H21ClO4. The first kappa shape index (κ1) is 17.5. The number of halogens is 1. The van der Waals surface area contributed by atoms with Gasteiger partial charge in [-0.1, -0.05) is 11.6 Å². The monoisotopic (exact) mass is 312 g/mol. The summed E-state index contributed by atoms with van der Waals surface area (Å²) in [6.07, 6.45) is 0. The van der Waals surface area contributed by atoms with E-state index >= 15 is 0 Å². The summed E-state index contributed by atoms with van der Waals surface area (Å²) in [6, 6.07) is 4.54. The van der Waals surface area contributed by atoms with Gasteiger partial charge in [-0.25, -0.2) is 0 Å². The summed E-state index contributed by atoms with van der Waals surface area (Å²) in [5, 5.41) is 0.391. The van der Waals surface area contributed by atoms with E-state index in [4.69, 9.17) is 21.1 Å². The van der Waals surface area contributed by atoms with Crippen LogP contribution < -0.4 is 9.47 Å². The Bertz CT molecular complexity index is 550. The highest BCUT2D eigenvalue weighted by Crippen LogP contribution is 2.33. The second-order valence-electron chi connectivity index (χ2n) is 6.87. The van der Waals surface area contributed by atoms with Crippen LogP contribution >= 0.6 is 11.6 Å². The second kappa shape index (κ2) is 6.06. The van der Waals surface area contributed by atoms with Gasteiger partial charge in [-0.2, -0.15) is 0 Å². The maximum Gasteiger partial charge on any atom is 0.316 e. The Morgan fingerprint density at radius 2 is 1.29 bits per heavy atom. The Morgan fingerprint density at radius 3 is 1.71 bits per heavy atom. The Kier molecular flexibility index (Phi) is 5.05. The van der Waals surface area contributed by atoms with Crippen molar-refractivity contribution >= 4 is 23.5 Å². The van der Waals surface area contributed by atoms with E-state index in [9.17, 15) is 9.59 Å². The lowest BCUT2D eigenvalue weighted by molar-refractivity contribution is -0.145. The van der Waals surface area contributed by atoms with Crippen LogP contribution in [0.4, 0.5) is 0 Å². The molecule has 0 aliphatic heterocycles. The van der Waals surface area contributed by atoms with Crippen molar-refractivity contribution in [2.24, 2.45) is 10.8 Å². The number of esters is 2. The predicted molar refractivity (Wildman–Crippen MR) is 81.6 cm³/mol. The first-order valence-corrected chi connectivity index (χ1v) is 7.03. The third kappa shape index (κ3) is 5.05. The lowest BCUT2D eigenvalue weighted by Crippen LogP contribution is -2.27. The lowest BCUT2D eigenvalue weighted by Gasteiger charge is -2.20. The van der Waals surface area contributed by atoms with E-state index in [1.54, 1.807) is 47.6 Å². The summed E-state index contributed by atoms with van der Waals surface area (Å²) in [5.74, 6) is -0.535. The highest BCUT2D eigenvalue weighted by Gasteiger charge is 2.28. The lowest BCUT2D eigenvalue weighted by atomic mass is 9.97. The van der Waals surface area contributed by atoms with Crippen LogP contribution in [-0.2, 0) is 9.59 Å². The summed E-state index contributed by atoms with van der Waals surface area (Å²) in [4.78, 5) is 23.9. The van der Waals surface area contributed by atoms with Gasteiger partial charge in [-0.05, 0) is 53.7 Å². The minimum Gasteiger partial charge on any atom is -0.422 e. The number of rotatable bonds is 2. The molecule has 21 heavy (non-hydrogen) atoms. The third-order valence-electron chi connectivity index (χ3n) is 2.54. The highest BCUT2D eigenvalue weighted by atomic mass is 35.5. The molecule has 0 radical (unpaired) electrons. The largest absolute Gasteiger partial charge is 0.422 e. The van der Waals surface area contributed by atoms with Crippen molar-refractivity contribution in [3.8, 4) is 11.5 Å². The molecule has 0 atom stereocenters. The van der Waals surface area contributed by atoms with Crippen molar-refractivity contribution in [1.29, 1.82) is 0 Å². The van der Waals surface area contributed by atoms with E-state index < -0.39 is 22.8 Å². The van der Waals surface area contributed by atoms with E-state index in [0.717, 1.165) is 0 Å². The number of benzene rings is 1. The molecule has 116 valence electrons. The van der Waals surface area contributed by atoms with Gasteiger partial charge in [0.05, 0.1) is 10.8 Å². The van der Waals surface area contributed by atoms with Crippen LogP contribution in [0, 0.1) is 10.8 Å². The quantitative estimate of drug-likeness (QED) is 0.605. The fourth-order valence-electron chi connectivity index (χ4n) is 1.15. The average Bonchev–Trinajstić information content (AvgIpc) is 2.29. The van der Waals surface area contributed by atoms with E-state index in [-0.39, 0.29) is 11.5 Å². The smallest absolute Gasteiger partial charge is 0.316 e. The first-order chi connectivity index (χ1) is 9.41. The van der Waals surface area contributed by atoms with E-state index in [0.29, 0.717) is 5.02 Å². The molecule has 1 aromatic carbocycles. The molecule has 0 bridgehead atoms. The molecule has 0 N–H and O–H groups in total. The van der Waals surface area contributed by atoms with E-state index in [1.165, 1.54) is 12.1 Å². The van der Waals surface area contributed by atoms with Crippen LogP contribution in [0.25, 0.3) is 0 Å². The van der Waals surface area contributed by atoms with Crippen LogP contribution in [0.1, 0.15) is 41.5 Å². The zero-order chi connectivity index (χ0) is 16.4. The van der Waals surface area contributed by atoms with Crippen LogP contribution in [0.5, 0.6) is 11.5 Å². The molecule has 0 unspecified atom stereocenters. The van der Waals surface area contributed by atoms with Gasteiger partial charge in [0.25, 0.3) is 0 Å². The van der Waals surface area contributed by atoms with Gasteiger partial charge in [0.15, 0.2) is 11.5 Å². The molecule has 1 rings (SSSR count). The van der Waals surface area contributed by atoms with Crippen molar-refractivity contribution in [3.05, 3.63) is 23.2 Å². The summed E-state index contributed by atoms with van der Waals surface area (Å²) in [5.41, 5.74) is -1.33. The molecular weight excluding hydrogens is 292 g/mol. The van der Waals surface area contributed by atoms with Crippen molar-refractivity contribution in [2.45, 2.75) is 41.5 Å². The maximum atomic E-state index is 12.0. The van der Waals surface area contributed by atoms with Gasteiger partial charge in [0, 0.05) is 11.1 Å². The van der Waals surface area contributed by atoms with Crippen molar-refractivity contribution in [2.75, 3.05) is 0 Å². The van der Waals surface area contributed by atoms with Crippen LogP contribution in [-0.4, -0.2) is 11.9 Å². The number of hydrogen-bond donors (Lipinski definition) is 0. The van der Waals surface area contributed by atoms with Gasteiger partial charge in [-0.3, -0.25) is 9.59 Å². The normalized spacial score (nSPS) is 12.0. The minimum atomic E-state index is -0.673. The SMILES string of the molecule is CC(C)(C)C(=O)Oc1ccc(Cl)cc1OC(=O)C(C)(C)C. The summed E-state index contributed by atoms with van der Waals surface area (Å²) in [7, 11) is 0. The summed E-state index contributed by atoms with van der Waals surface area (Å²) < 4.78 is 10.6. The molecule has 0 fully saturated rings. The Labute approximate surface area is 130 Å². The molecule has 4 nitrogen and oxygen atoms in total. The third-order valence-corrected chi connectivity index (χ3v) is 2.77. The average molecular weight is 313 g/mol. The Morgan fingerprint density at radius 1 is 0.857 bits per heavy atom. The summed E-state index contributed by atoms with van der Waals surface area (Å²) in [6.45, 7) is 10.4. The molecule has 0 spiro atoms. The first-order valence-electron chi connectivity index (χ1n) is 6.65. The van der Waals surface area contributed by atoms with E-state index in [2.05, 4.69) is 0 Å². The second-order valence-corrected chi connectivity index (χ2v) is 7.31. The molecule has 5 heteroatoms. The number of hydrogen-bond acceptors (Lipinski definition) is 4. The van der Waals surface area contributed by atoms with Gasteiger partial charge < -0.3 is 9.47 Å². The van der Waals surface area contributed by atoms with Crippen LogP contribution in [0.15, 0.2) is 18.2 Å². The van der Waals surface area contributed by atoms with Gasteiger partial charge in [-0.15, -0.1) is 0 Å². The zero-order valence-electron chi connectivity index (χ0n) is 13.2. The molecule has 0 aliphatic rings. The van der Waals surface area contributed by atoms with Crippen LogP contribution in [0.2, 0.25) is 5.02 Å². The van der Waals surface area contributed by atoms with Gasteiger partial charge in [0.1, 0.15) is 0 Å².